The summed E-state index contributed by atoms with van der Waals surface area (Å²) in [7, 11) is 0. The van der Waals surface area contributed by atoms with Crippen LogP contribution in [0.25, 0.3) is 0 Å². The minimum atomic E-state index is -0.728. The van der Waals surface area contributed by atoms with Crippen LogP contribution in [0.3, 0.4) is 0 Å². The quantitative estimate of drug-likeness (QED) is 0.334. The van der Waals surface area contributed by atoms with Gasteiger partial charge in [0.1, 0.15) is 6.04 Å². The van der Waals surface area contributed by atoms with Crippen molar-refractivity contribution in [2.75, 3.05) is 16.8 Å². The van der Waals surface area contributed by atoms with E-state index in [4.69, 9.17) is 35.4 Å². The predicted molar refractivity (Wildman–Crippen MR) is 145 cm³/mol. The van der Waals surface area contributed by atoms with Crippen LogP contribution in [-0.4, -0.2) is 34.4 Å². The molecule has 1 aliphatic rings. The number of hydrogen-bond donors (Lipinski definition) is 1. The van der Waals surface area contributed by atoms with Gasteiger partial charge in [-0.1, -0.05) is 57.3 Å². The monoisotopic (exact) mass is 575 g/mol. The Hall–Kier alpha value is -2.45. The number of nitrogens with one attached hydrogen (secondary N) is 1. The Balaban J connectivity index is 1.56. The average molecular weight is 577 g/mol. The Bertz CT molecular complexity index is 1220. The second kappa shape index (κ2) is 10.9. The van der Waals surface area contributed by atoms with E-state index in [9.17, 15) is 9.59 Å². The molecule has 5 nitrogen and oxygen atoms in total. The zero-order valence-corrected chi connectivity index (χ0v) is 21.8. The average Bonchev–Trinajstić information content (AvgIpc) is 3.04. The van der Waals surface area contributed by atoms with Crippen molar-refractivity contribution in [3.05, 3.63) is 92.9 Å². The first kappa shape index (κ1) is 24.7. The highest BCUT2D eigenvalue weighted by Crippen LogP contribution is 2.29. The molecule has 1 saturated heterocycles. The van der Waals surface area contributed by atoms with Gasteiger partial charge in [0.25, 0.3) is 5.91 Å². The van der Waals surface area contributed by atoms with E-state index in [1.165, 1.54) is 4.90 Å². The molecule has 174 valence electrons. The molecule has 0 aliphatic carbocycles. The molecule has 1 heterocycles. The molecule has 0 aromatic heterocycles. The lowest BCUT2D eigenvalue weighted by molar-refractivity contribution is -0.124. The topological polar surface area (TPSA) is 52.7 Å². The molecule has 0 bridgehead atoms. The minimum absolute atomic E-state index is 0.0350. The van der Waals surface area contributed by atoms with E-state index in [0.717, 1.165) is 10.0 Å². The van der Waals surface area contributed by atoms with E-state index in [0.29, 0.717) is 39.5 Å². The predicted octanol–water partition coefficient (Wildman–Crippen LogP) is 6.33. The second-order valence-corrected chi connectivity index (χ2v) is 9.93. The highest BCUT2D eigenvalue weighted by molar-refractivity contribution is 9.10. The first-order valence-electron chi connectivity index (χ1n) is 10.5. The fourth-order valence-corrected chi connectivity index (χ4v) is 4.75. The Morgan fingerprint density at radius 2 is 1.71 bits per heavy atom. The van der Waals surface area contributed by atoms with Crippen LogP contribution >= 0.6 is 51.3 Å². The van der Waals surface area contributed by atoms with Gasteiger partial charge in [0, 0.05) is 26.8 Å². The van der Waals surface area contributed by atoms with Crippen LogP contribution in [0.15, 0.2) is 77.3 Å². The molecule has 3 aromatic carbocycles. The van der Waals surface area contributed by atoms with Crippen LogP contribution < -0.4 is 10.2 Å². The number of amides is 2. The molecule has 4 rings (SSSR count). The molecule has 1 atom stereocenters. The molecule has 1 aliphatic heterocycles. The SMILES string of the molecule is O=C(CC1C(=O)N(c2cccc(Cl)c2)C(=S)N1CCc1ccc(Cl)cc1)Nc1ccc(Br)cc1. The molecule has 34 heavy (non-hydrogen) atoms. The molecule has 3 aromatic rings. The summed E-state index contributed by atoms with van der Waals surface area (Å²) in [6.45, 7) is 0.472. The van der Waals surface area contributed by atoms with Gasteiger partial charge in [-0.15, -0.1) is 0 Å². The van der Waals surface area contributed by atoms with Gasteiger partial charge in [-0.2, -0.15) is 0 Å². The summed E-state index contributed by atoms with van der Waals surface area (Å²) < 4.78 is 0.910. The van der Waals surface area contributed by atoms with E-state index in [1.54, 1.807) is 36.4 Å². The number of rotatable bonds is 7. The lowest BCUT2D eigenvalue weighted by Gasteiger charge is -2.24. The highest BCUT2D eigenvalue weighted by atomic mass is 79.9. The normalized spacial score (nSPS) is 15.7. The van der Waals surface area contributed by atoms with E-state index in [1.807, 2.05) is 41.3 Å². The number of halogens is 3. The molecular weight excluding hydrogens is 557 g/mol. The summed E-state index contributed by atoms with van der Waals surface area (Å²) in [5.74, 6) is -0.526. The number of benzene rings is 3. The molecule has 9 heteroatoms. The Morgan fingerprint density at radius 3 is 2.38 bits per heavy atom. The third-order valence-electron chi connectivity index (χ3n) is 5.45. The number of carbonyl (C=O) groups excluding carboxylic acids is 2. The highest BCUT2D eigenvalue weighted by Gasteiger charge is 2.43. The molecule has 1 fully saturated rings. The van der Waals surface area contributed by atoms with Gasteiger partial charge in [-0.25, -0.2) is 0 Å². The van der Waals surface area contributed by atoms with Crippen molar-refractivity contribution in [2.45, 2.75) is 18.9 Å². The van der Waals surface area contributed by atoms with Crippen molar-refractivity contribution in [3.8, 4) is 0 Å². The number of hydrogen-bond acceptors (Lipinski definition) is 3. The number of carbonyl (C=O) groups is 2. The third-order valence-corrected chi connectivity index (χ3v) is 6.88. The van der Waals surface area contributed by atoms with Crippen LogP contribution in [0.4, 0.5) is 11.4 Å². The largest absolute Gasteiger partial charge is 0.336 e. The lowest BCUT2D eigenvalue weighted by atomic mass is 10.1. The van der Waals surface area contributed by atoms with Gasteiger partial charge in [0.2, 0.25) is 5.91 Å². The van der Waals surface area contributed by atoms with Gasteiger partial charge < -0.3 is 10.2 Å². The summed E-state index contributed by atoms with van der Waals surface area (Å²) in [6, 6.07) is 21.0. The third kappa shape index (κ3) is 5.78. The maximum Gasteiger partial charge on any atom is 0.256 e. The number of thiocarbonyl (C=S) groups is 1. The van der Waals surface area contributed by atoms with E-state index >= 15 is 0 Å². The molecular formula is C25H20BrCl2N3O2S. The standard InChI is InChI=1S/C25H20BrCl2N3O2S/c26-17-6-10-20(11-7-17)29-23(32)15-22-24(33)31(21-3-1-2-19(28)14-21)25(34)30(22)13-12-16-4-8-18(27)9-5-16/h1-11,14,22H,12-13,15H2,(H,29,32). The van der Waals surface area contributed by atoms with Crippen LogP contribution in [0.5, 0.6) is 0 Å². The van der Waals surface area contributed by atoms with Crippen LogP contribution in [0.2, 0.25) is 10.0 Å². The van der Waals surface area contributed by atoms with Crippen molar-refractivity contribution < 1.29 is 9.59 Å². The van der Waals surface area contributed by atoms with Gasteiger partial charge in [0.15, 0.2) is 5.11 Å². The summed E-state index contributed by atoms with van der Waals surface area (Å²) in [5, 5.41) is 4.36. The molecule has 1 N–H and O–H groups in total. The van der Waals surface area contributed by atoms with E-state index in [2.05, 4.69) is 21.2 Å². The summed E-state index contributed by atoms with van der Waals surface area (Å²) >= 11 is 21.2. The maximum atomic E-state index is 13.5. The van der Waals surface area contributed by atoms with Gasteiger partial charge in [-0.05, 0) is 78.8 Å². The Morgan fingerprint density at radius 1 is 1.00 bits per heavy atom. The molecule has 2 amide bonds. The Labute approximate surface area is 221 Å². The van der Waals surface area contributed by atoms with Crippen molar-refractivity contribution in [1.82, 2.24) is 4.90 Å². The van der Waals surface area contributed by atoms with E-state index < -0.39 is 6.04 Å². The zero-order valence-electron chi connectivity index (χ0n) is 17.9. The van der Waals surface area contributed by atoms with Gasteiger partial charge in [0.05, 0.1) is 12.1 Å². The zero-order chi connectivity index (χ0) is 24.2. The van der Waals surface area contributed by atoms with E-state index in [-0.39, 0.29) is 18.2 Å². The first-order valence-corrected chi connectivity index (χ1v) is 12.5. The number of anilines is 2. The fraction of sp³-hybridized carbons (Fsp3) is 0.160. The minimum Gasteiger partial charge on any atom is -0.336 e. The molecule has 0 spiro atoms. The van der Waals surface area contributed by atoms with Crippen molar-refractivity contribution >= 4 is 79.7 Å². The van der Waals surface area contributed by atoms with Gasteiger partial charge in [-0.3, -0.25) is 14.5 Å². The van der Waals surface area contributed by atoms with Crippen molar-refractivity contribution in [3.63, 3.8) is 0 Å². The Kier molecular flexibility index (Phi) is 7.88. The molecule has 0 saturated carbocycles. The maximum absolute atomic E-state index is 13.5. The van der Waals surface area contributed by atoms with Crippen molar-refractivity contribution in [2.24, 2.45) is 0 Å². The lowest BCUT2D eigenvalue weighted by Crippen LogP contribution is -2.39. The van der Waals surface area contributed by atoms with Crippen LogP contribution in [-0.2, 0) is 16.0 Å². The summed E-state index contributed by atoms with van der Waals surface area (Å²) in [4.78, 5) is 29.6. The van der Waals surface area contributed by atoms with Crippen molar-refractivity contribution in [1.29, 1.82) is 0 Å². The molecule has 0 radical (unpaired) electrons. The first-order chi connectivity index (χ1) is 16.3. The van der Waals surface area contributed by atoms with Crippen LogP contribution in [0, 0.1) is 0 Å². The summed E-state index contributed by atoms with van der Waals surface area (Å²) in [5.41, 5.74) is 2.29. The summed E-state index contributed by atoms with van der Waals surface area (Å²) in [6.07, 6.45) is 0.603. The second-order valence-electron chi connectivity index (χ2n) is 7.78. The van der Waals surface area contributed by atoms with Crippen LogP contribution in [0.1, 0.15) is 12.0 Å². The van der Waals surface area contributed by atoms with Gasteiger partial charge >= 0.3 is 0 Å². The number of nitrogens with zero attached hydrogens (tertiary/aromatic N) is 2. The molecule has 1 unspecified atom stereocenters. The fourth-order valence-electron chi connectivity index (χ4n) is 3.76. The smallest absolute Gasteiger partial charge is 0.256 e.